The summed E-state index contributed by atoms with van der Waals surface area (Å²) in [5, 5.41) is 5.15. The fraction of sp³-hybridized carbons (Fsp3) is 0.370. The van der Waals surface area contributed by atoms with Crippen molar-refractivity contribution in [1.29, 1.82) is 0 Å². The molecule has 2 aromatic heterocycles. The summed E-state index contributed by atoms with van der Waals surface area (Å²) in [4.78, 5) is 30.1. The van der Waals surface area contributed by atoms with Gasteiger partial charge in [-0.3, -0.25) is 4.79 Å². The van der Waals surface area contributed by atoms with E-state index < -0.39 is 0 Å². The van der Waals surface area contributed by atoms with E-state index in [1.165, 1.54) is 0 Å². The molecular formula is C27H30N6O2. The zero-order valence-corrected chi connectivity index (χ0v) is 20.6. The van der Waals surface area contributed by atoms with E-state index >= 15 is 0 Å². The number of aromatic nitrogens is 4. The van der Waals surface area contributed by atoms with Crippen LogP contribution in [0.1, 0.15) is 60.6 Å². The molecular weight excluding hydrogens is 440 g/mol. The van der Waals surface area contributed by atoms with Gasteiger partial charge >= 0.3 is 0 Å². The Kier molecular flexibility index (Phi) is 6.19. The minimum Gasteiger partial charge on any atom is -0.356 e. The number of nitrogens with zero attached hydrogens (tertiary/aromatic N) is 6. The quantitative estimate of drug-likeness (QED) is 0.410. The van der Waals surface area contributed by atoms with Crippen molar-refractivity contribution in [3.63, 3.8) is 0 Å². The van der Waals surface area contributed by atoms with Gasteiger partial charge in [-0.15, -0.1) is 0 Å². The van der Waals surface area contributed by atoms with E-state index in [0.29, 0.717) is 5.56 Å². The fourth-order valence-corrected chi connectivity index (χ4v) is 4.60. The lowest BCUT2D eigenvalue weighted by Gasteiger charge is -2.32. The Bertz CT molecular complexity index is 1340. The van der Waals surface area contributed by atoms with Crippen LogP contribution in [0.25, 0.3) is 22.0 Å². The SMILES string of the molecule is CC(C)c1noc(C2CCN(c3ncnc4c(-c5ccc(C(=O)N(C)C)cc5)cccc34)CC2)n1. The minimum atomic E-state index is -0.0107. The monoisotopic (exact) mass is 470 g/mol. The van der Waals surface area contributed by atoms with Gasteiger partial charge in [-0.1, -0.05) is 43.3 Å². The summed E-state index contributed by atoms with van der Waals surface area (Å²) in [6.45, 7) is 5.87. The molecule has 35 heavy (non-hydrogen) atoms. The molecule has 0 spiro atoms. The maximum Gasteiger partial charge on any atom is 0.253 e. The molecule has 0 N–H and O–H groups in total. The first-order chi connectivity index (χ1) is 16.9. The Labute approximate surface area is 205 Å². The summed E-state index contributed by atoms with van der Waals surface area (Å²) >= 11 is 0. The molecule has 1 aliphatic heterocycles. The highest BCUT2D eigenvalue weighted by molar-refractivity contribution is 6.00. The van der Waals surface area contributed by atoms with E-state index in [9.17, 15) is 4.79 Å². The van der Waals surface area contributed by atoms with Gasteiger partial charge in [0.1, 0.15) is 12.1 Å². The van der Waals surface area contributed by atoms with Crippen molar-refractivity contribution < 1.29 is 9.32 Å². The van der Waals surface area contributed by atoms with E-state index in [0.717, 1.165) is 65.5 Å². The summed E-state index contributed by atoms with van der Waals surface area (Å²) < 4.78 is 5.55. The fourth-order valence-electron chi connectivity index (χ4n) is 4.60. The smallest absolute Gasteiger partial charge is 0.253 e. The lowest BCUT2D eigenvalue weighted by Crippen LogP contribution is -2.33. The van der Waals surface area contributed by atoms with Crippen molar-refractivity contribution in [2.24, 2.45) is 0 Å². The van der Waals surface area contributed by atoms with E-state index in [1.54, 1.807) is 25.3 Å². The van der Waals surface area contributed by atoms with Crippen LogP contribution in [0.4, 0.5) is 5.82 Å². The zero-order chi connectivity index (χ0) is 24.5. The highest BCUT2D eigenvalue weighted by Crippen LogP contribution is 2.35. The van der Waals surface area contributed by atoms with Crippen molar-refractivity contribution >= 4 is 22.6 Å². The number of para-hydroxylation sites is 1. The molecule has 8 nitrogen and oxygen atoms in total. The number of benzene rings is 2. The number of hydrogen-bond donors (Lipinski definition) is 0. The Morgan fingerprint density at radius 1 is 1.06 bits per heavy atom. The number of rotatable bonds is 5. The van der Waals surface area contributed by atoms with Gasteiger partial charge in [-0.2, -0.15) is 4.98 Å². The standard InChI is InChI=1S/C27H30N6O2/c1-17(2)24-30-26(35-31-24)19-12-14-33(15-13-19)25-22-7-5-6-21(23(22)28-16-29-25)18-8-10-20(11-9-18)27(34)32(3)4/h5-11,16-17,19H,12-15H2,1-4H3. The molecule has 8 heteroatoms. The van der Waals surface area contributed by atoms with Gasteiger partial charge in [0, 0.05) is 55.5 Å². The number of carbonyl (C=O) groups is 1. The molecule has 180 valence electrons. The summed E-state index contributed by atoms with van der Waals surface area (Å²) in [6, 6.07) is 13.9. The average molecular weight is 471 g/mol. The first-order valence-corrected chi connectivity index (χ1v) is 12.1. The Morgan fingerprint density at radius 3 is 2.46 bits per heavy atom. The van der Waals surface area contributed by atoms with Crippen LogP contribution in [0.5, 0.6) is 0 Å². The van der Waals surface area contributed by atoms with Gasteiger partial charge in [0.25, 0.3) is 5.91 Å². The molecule has 0 radical (unpaired) electrons. The third kappa shape index (κ3) is 4.48. The molecule has 1 aliphatic rings. The maximum atomic E-state index is 12.3. The van der Waals surface area contributed by atoms with Crippen molar-refractivity contribution in [3.05, 3.63) is 66.1 Å². The number of hydrogen-bond acceptors (Lipinski definition) is 7. The summed E-state index contributed by atoms with van der Waals surface area (Å²) in [6.07, 6.45) is 3.52. The predicted octanol–water partition coefficient (Wildman–Crippen LogP) is 4.89. The number of anilines is 1. The molecule has 0 atom stereocenters. The summed E-state index contributed by atoms with van der Waals surface area (Å²) in [5.41, 5.74) is 3.62. The number of carbonyl (C=O) groups excluding carboxylic acids is 1. The highest BCUT2D eigenvalue weighted by atomic mass is 16.5. The van der Waals surface area contributed by atoms with E-state index in [1.807, 2.05) is 30.3 Å². The topological polar surface area (TPSA) is 88.2 Å². The molecule has 0 unspecified atom stereocenters. The second kappa shape index (κ2) is 9.44. The minimum absolute atomic E-state index is 0.0107. The van der Waals surface area contributed by atoms with Crippen molar-refractivity contribution in [3.8, 4) is 11.1 Å². The molecule has 1 fully saturated rings. The lowest BCUT2D eigenvalue weighted by atomic mass is 9.96. The maximum absolute atomic E-state index is 12.3. The van der Waals surface area contributed by atoms with Crippen LogP contribution in [-0.2, 0) is 0 Å². The summed E-state index contributed by atoms with van der Waals surface area (Å²) in [7, 11) is 3.51. The van der Waals surface area contributed by atoms with Gasteiger partial charge in [-0.25, -0.2) is 9.97 Å². The van der Waals surface area contributed by atoms with Gasteiger partial charge in [0.15, 0.2) is 5.82 Å². The van der Waals surface area contributed by atoms with Crippen molar-refractivity contribution in [2.75, 3.05) is 32.1 Å². The van der Waals surface area contributed by atoms with Crippen LogP contribution < -0.4 is 4.90 Å². The molecule has 4 aromatic rings. The third-order valence-corrected chi connectivity index (χ3v) is 6.61. The Morgan fingerprint density at radius 2 is 1.80 bits per heavy atom. The number of piperidine rings is 1. The molecule has 3 heterocycles. The van der Waals surface area contributed by atoms with Crippen LogP contribution >= 0.6 is 0 Å². The van der Waals surface area contributed by atoms with Crippen LogP contribution in [0, 0.1) is 0 Å². The third-order valence-electron chi connectivity index (χ3n) is 6.61. The van der Waals surface area contributed by atoms with E-state index in [-0.39, 0.29) is 17.7 Å². The predicted molar refractivity (Wildman–Crippen MR) is 136 cm³/mol. The number of amides is 1. The molecule has 2 aromatic carbocycles. The molecule has 0 aliphatic carbocycles. The van der Waals surface area contributed by atoms with Gasteiger partial charge in [-0.05, 0) is 36.6 Å². The highest BCUT2D eigenvalue weighted by Gasteiger charge is 2.27. The molecule has 5 rings (SSSR count). The van der Waals surface area contributed by atoms with Gasteiger partial charge in [0.2, 0.25) is 5.89 Å². The first kappa shape index (κ1) is 23.0. The van der Waals surface area contributed by atoms with Crippen molar-refractivity contribution in [2.45, 2.75) is 38.5 Å². The molecule has 0 saturated carbocycles. The molecule has 0 bridgehead atoms. The van der Waals surface area contributed by atoms with Crippen LogP contribution in [0.3, 0.4) is 0 Å². The van der Waals surface area contributed by atoms with E-state index in [4.69, 9.17) is 4.52 Å². The first-order valence-electron chi connectivity index (χ1n) is 12.1. The van der Waals surface area contributed by atoms with Crippen LogP contribution in [0.2, 0.25) is 0 Å². The Hall–Kier alpha value is -3.81. The summed E-state index contributed by atoms with van der Waals surface area (Å²) in [5.74, 6) is 3.00. The second-order valence-corrected chi connectivity index (χ2v) is 9.58. The van der Waals surface area contributed by atoms with Gasteiger partial charge in [0.05, 0.1) is 5.52 Å². The zero-order valence-electron chi connectivity index (χ0n) is 20.6. The van der Waals surface area contributed by atoms with E-state index in [2.05, 4.69) is 51.0 Å². The average Bonchev–Trinajstić information content (AvgIpc) is 3.39. The second-order valence-electron chi connectivity index (χ2n) is 9.58. The molecule has 1 saturated heterocycles. The largest absolute Gasteiger partial charge is 0.356 e. The lowest BCUT2D eigenvalue weighted by molar-refractivity contribution is 0.0827. The van der Waals surface area contributed by atoms with Crippen LogP contribution in [0.15, 0.2) is 53.3 Å². The Balaban J connectivity index is 1.39. The van der Waals surface area contributed by atoms with Gasteiger partial charge < -0.3 is 14.3 Å². The normalized spacial score (nSPS) is 14.6. The van der Waals surface area contributed by atoms with Crippen molar-refractivity contribution in [1.82, 2.24) is 25.0 Å². The molecule has 1 amide bonds. The number of fused-ring (bicyclic) bond motifs is 1. The van der Waals surface area contributed by atoms with Crippen LogP contribution in [-0.4, -0.2) is 58.1 Å².